The molecule has 10 heteroatoms. The number of hydrogen-bond donors (Lipinski definition) is 1. The van der Waals surface area contributed by atoms with Crippen molar-refractivity contribution in [3.8, 4) is 5.75 Å². The van der Waals surface area contributed by atoms with Gasteiger partial charge in [0.15, 0.2) is 6.61 Å². The molecule has 0 aliphatic carbocycles. The maximum absolute atomic E-state index is 12.4. The molecule has 0 bridgehead atoms. The van der Waals surface area contributed by atoms with Gasteiger partial charge in [-0.25, -0.2) is 0 Å². The molecule has 2 aromatic rings. The summed E-state index contributed by atoms with van der Waals surface area (Å²) in [5, 5.41) is 2.97. The van der Waals surface area contributed by atoms with E-state index >= 15 is 0 Å². The van der Waals surface area contributed by atoms with Gasteiger partial charge in [0.2, 0.25) is 0 Å². The topological polar surface area (TPSA) is 88.6 Å². The normalized spacial score (nSPS) is 15.1. The summed E-state index contributed by atoms with van der Waals surface area (Å²) in [6.07, 6.45) is 4.83. The highest BCUT2D eigenvalue weighted by Crippen LogP contribution is 2.31. The highest BCUT2D eigenvalue weighted by Gasteiger charge is 2.34. The minimum absolute atomic E-state index is 0.0580. The van der Waals surface area contributed by atoms with Crippen molar-refractivity contribution < 1.29 is 19.1 Å². The Hall–Kier alpha value is -2.55. The summed E-state index contributed by atoms with van der Waals surface area (Å²) in [5.41, 5.74) is 0.726. The fourth-order valence-electron chi connectivity index (χ4n) is 2.40. The summed E-state index contributed by atoms with van der Waals surface area (Å²) in [6.45, 7) is -0.0958. The van der Waals surface area contributed by atoms with Crippen LogP contribution in [0.3, 0.4) is 0 Å². The van der Waals surface area contributed by atoms with E-state index in [9.17, 15) is 14.4 Å². The molecule has 3 amide bonds. The van der Waals surface area contributed by atoms with Crippen LogP contribution in [0.2, 0.25) is 10.0 Å². The molecule has 1 aliphatic heterocycles. The van der Waals surface area contributed by atoms with E-state index in [1.807, 2.05) is 0 Å². The molecule has 0 unspecified atom stereocenters. The number of amides is 3. The first-order valence-corrected chi connectivity index (χ1v) is 10.0. The van der Waals surface area contributed by atoms with E-state index in [2.05, 4.69) is 10.3 Å². The van der Waals surface area contributed by atoms with Crippen molar-refractivity contribution in [2.24, 2.45) is 0 Å². The number of hydrogen-bond acceptors (Lipinski definition) is 6. The molecule has 7 nitrogen and oxygen atoms in total. The number of thioether (sulfide) groups is 1. The molecular weight excluding hydrogens is 437 g/mol. The Morgan fingerprint density at radius 3 is 2.83 bits per heavy atom. The van der Waals surface area contributed by atoms with E-state index in [1.165, 1.54) is 6.07 Å². The zero-order valence-electron chi connectivity index (χ0n) is 14.9. The van der Waals surface area contributed by atoms with Gasteiger partial charge in [-0.2, -0.15) is 0 Å². The largest absolute Gasteiger partial charge is 0.482 e. The van der Waals surface area contributed by atoms with Crippen LogP contribution in [0.1, 0.15) is 5.56 Å². The van der Waals surface area contributed by atoms with Gasteiger partial charge < -0.3 is 10.1 Å². The van der Waals surface area contributed by atoms with E-state index < -0.39 is 11.8 Å². The SMILES string of the molecule is O=C(COc1ccc(Cl)cc1Cl)NCCN1C(=O)S/C(=C\c2cccnc2)C1=O. The van der Waals surface area contributed by atoms with Crippen molar-refractivity contribution in [2.75, 3.05) is 19.7 Å². The van der Waals surface area contributed by atoms with Crippen LogP contribution in [-0.4, -0.2) is 46.6 Å². The lowest BCUT2D eigenvalue weighted by Crippen LogP contribution is -2.38. The maximum atomic E-state index is 12.4. The predicted molar refractivity (Wildman–Crippen MR) is 112 cm³/mol. The summed E-state index contributed by atoms with van der Waals surface area (Å²) >= 11 is 12.6. The van der Waals surface area contributed by atoms with E-state index in [-0.39, 0.29) is 24.9 Å². The number of carbonyl (C=O) groups excluding carboxylic acids is 3. The van der Waals surface area contributed by atoms with Crippen LogP contribution < -0.4 is 10.1 Å². The monoisotopic (exact) mass is 451 g/mol. The molecule has 1 saturated heterocycles. The summed E-state index contributed by atoms with van der Waals surface area (Å²) in [4.78, 5) is 41.8. The molecule has 150 valence electrons. The first-order chi connectivity index (χ1) is 13.9. The number of nitrogens with zero attached hydrogens (tertiary/aromatic N) is 2. The minimum Gasteiger partial charge on any atom is -0.482 e. The van der Waals surface area contributed by atoms with Crippen LogP contribution in [0.4, 0.5) is 4.79 Å². The molecule has 1 aromatic heterocycles. The molecule has 0 saturated carbocycles. The van der Waals surface area contributed by atoms with Crippen LogP contribution in [0, 0.1) is 0 Å². The number of halogens is 2. The number of ether oxygens (including phenoxy) is 1. The van der Waals surface area contributed by atoms with Gasteiger partial charge in [-0.3, -0.25) is 24.3 Å². The van der Waals surface area contributed by atoms with Crippen LogP contribution in [0.25, 0.3) is 6.08 Å². The van der Waals surface area contributed by atoms with Gasteiger partial charge >= 0.3 is 0 Å². The molecule has 2 heterocycles. The molecule has 3 rings (SSSR count). The number of nitrogens with one attached hydrogen (secondary N) is 1. The Morgan fingerprint density at radius 2 is 2.10 bits per heavy atom. The smallest absolute Gasteiger partial charge is 0.293 e. The maximum Gasteiger partial charge on any atom is 0.293 e. The highest BCUT2D eigenvalue weighted by atomic mass is 35.5. The number of carbonyl (C=O) groups is 3. The second-order valence-corrected chi connectivity index (χ2v) is 7.67. The average Bonchev–Trinajstić information content (AvgIpc) is 2.95. The molecule has 1 aromatic carbocycles. The van der Waals surface area contributed by atoms with Gasteiger partial charge in [0.25, 0.3) is 17.1 Å². The molecule has 1 fully saturated rings. The van der Waals surface area contributed by atoms with Gasteiger partial charge in [0.1, 0.15) is 5.75 Å². The summed E-state index contributed by atoms with van der Waals surface area (Å²) in [5.74, 6) is -0.478. The van der Waals surface area contributed by atoms with E-state index in [0.717, 1.165) is 22.2 Å². The lowest BCUT2D eigenvalue weighted by atomic mass is 10.2. The summed E-state index contributed by atoms with van der Waals surface area (Å²) in [6, 6.07) is 8.20. The van der Waals surface area contributed by atoms with E-state index in [4.69, 9.17) is 27.9 Å². The Morgan fingerprint density at radius 1 is 1.28 bits per heavy atom. The first kappa shape index (κ1) is 21.2. The van der Waals surface area contributed by atoms with Gasteiger partial charge in [-0.15, -0.1) is 0 Å². The third-order valence-corrected chi connectivity index (χ3v) is 5.20. The van der Waals surface area contributed by atoms with Crippen LogP contribution in [0.15, 0.2) is 47.6 Å². The number of aromatic nitrogens is 1. The van der Waals surface area contributed by atoms with Crippen LogP contribution in [0.5, 0.6) is 5.75 Å². The zero-order chi connectivity index (χ0) is 20.8. The van der Waals surface area contributed by atoms with Crippen molar-refractivity contribution in [1.82, 2.24) is 15.2 Å². The molecule has 29 heavy (non-hydrogen) atoms. The van der Waals surface area contributed by atoms with E-state index in [0.29, 0.717) is 20.7 Å². The molecule has 0 atom stereocenters. The van der Waals surface area contributed by atoms with Gasteiger partial charge in [0.05, 0.1) is 9.93 Å². The van der Waals surface area contributed by atoms with Gasteiger partial charge in [0, 0.05) is 30.5 Å². The number of benzene rings is 1. The summed E-state index contributed by atoms with van der Waals surface area (Å²) in [7, 11) is 0. The third-order valence-electron chi connectivity index (χ3n) is 3.77. The van der Waals surface area contributed by atoms with Crippen LogP contribution in [-0.2, 0) is 9.59 Å². The average molecular weight is 452 g/mol. The van der Waals surface area contributed by atoms with Crippen molar-refractivity contribution in [3.63, 3.8) is 0 Å². The number of rotatable bonds is 7. The number of pyridine rings is 1. The Labute approximate surface area is 181 Å². The molecule has 0 radical (unpaired) electrons. The molecule has 1 N–H and O–H groups in total. The Bertz CT molecular complexity index is 969. The lowest BCUT2D eigenvalue weighted by Gasteiger charge is -2.13. The summed E-state index contributed by atoms with van der Waals surface area (Å²) < 4.78 is 5.33. The third kappa shape index (κ3) is 5.72. The minimum atomic E-state index is -0.408. The lowest BCUT2D eigenvalue weighted by molar-refractivity contribution is -0.125. The van der Waals surface area contributed by atoms with Crippen molar-refractivity contribution in [2.45, 2.75) is 0 Å². The zero-order valence-corrected chi connectivity index (χ0v) is 17.3. The second-order valence-electron chi connectivity index (χ2n) is 5.83. The molecule has 0 spiro atoms. The fourth-order valence-corrected chi connectivity index (χ4v) is 3.73. The molecular formula is C19H15Cl2N3O4S. The van der Waals surface area contributed by atoms with E-state index in [1.54, 1.807) is 42.7 Å². The predicted octanol–water partition coefficient (Wildman–Crippen LogP) is 3.62. The van der Waals surface area contributed by atoms with Gasteiger partial charge in [-0.05, 0) is 47.7 Å². The first-order valence-electron chi connectivity index (χ1n) is 8.44. The second kappa shape index (κ2) is 9.78. The van der Waals surface area contributed by atoms with Crippen molar-refractivity contribution in [3.05, 3.63) is 63.2 Å². The molecule has 1 aliphatic rings. The number of imide groups is 1. The fraction of sp³-hybridized carbons (Fsp3) is 0.158. The Balaban J connectivity index is 1.47. The highest BCUT2D eigenvalue weighted by molar-refractivity contribution is 8.18. The van der Waals surface area contributed by atoms with Crippen molar-refractivity contribution >= 4 is 58.1 Å². The van der Waals surface area contributed by atoms with Gasteiger partial charge in [-0.1, -0.05) is 29.3 Å². The quantitative estimate of drug-likeness (QED) is 0.646. The Kier molecular flexibility index (Phi) is 7.13. The van der Waals surface area contributed by atoms with Crippen molar-refractivity contribution in [1.29, 1.82) is 0 Å². The van der Waals surface area contributed by atoms with Crippen LogP contribution >= 0.6 is 35.0 Å². The standard InChI is InChI=1S/C19H15Cl2N3O4S/c20-13-3-4-15(14(21)9-13)28-11-17(25)23-6-7-24-18(26)16(29-19(24)27)8-12-2-1-5-22-10-12/h1-5,8-10H,6-7,11H2,(H,23,25)/b16-8-.